The molecule has 0 saturated carbocycles. The van der Waals surface area contributed by atoms with E-state index in [4.69, 9.17) is 21.4 Å². The molecule has 4 rings (SSSR count). The van der Waals surface area contributed by atoms with Crippen LogP contribution < -0.4 is 5.43 Å². The molecule has 0 bridgehead atoms. The molecule has 2 aliphatic heterocycles. The fraction of sp³-hybridized carbons (Fsp3) is 0.318. The number of ether oxygens (including phenoxy) is 1. The van der Waals surface area contributed by atoms with Gasteiger partial charge in [0.15, 0.2) is 4.32 Å². The topological polar surface area (TPSA) is 75.0 Å². The SMILES string of the molecule is O=C(CCN1CCOCC1)NN1C(=O)/C(=C\c2ccc(-c3cccc(C(F)(F)F)c3)o2)SC1=S. The van der Waals surface area contributed by atoms with Crippen LogP contribution >= 0.6 is 24.0 Å². The molecular formula is C22H20F3N3O4S2. The summed E-state index contributed by atoms with van der Waals surface area (Å²) in [5.41, 5.74) is 2.01. The Labute approximate surface area is 202 Å². The summed E-state index contributed by atoms with van der Waals surface area (Å²) >= 11 is 6.21. The molecule has 2 aromatic rings. The number of nitrogens with zero attached hydrogens (tertiary/aromatic N) is 2. The number of alkyl halides is 3. The zero-order valence-corrected chi connectivity index (χ0v) is 19.4. The van der Waals surface area contributed by atoms with Crippen LogP contribution in [0.25, 0.3) is 17.4 Å². The van der Waals surface area contributed by atoms with Gasteiger partial charge in [0.05, 0.1) is 23.7 Å². The van der Waals surface area contributed by atoms with Crippen molar-refractivity contribution in [1.29, 1.82) is 0 Å². The number of hydrogen-bond acceptors (Lipinski definition) is 7. The summed E-state index contributed by atoms with van der Waals surface area (Å²) in [6, 6.07) is 7.85. The Morgan fingerprint density at radius 1 is 1.21 bits per heavy atom. The lowest BCUT2D eigenvalue weighted by atomic mass is 10.1. The van der Waals surface area contributed by atoms with E-state index in [0.717, 1.165) is 42.0 Å². The lowest BCUT2D eigenvalue weighted by Crippen LogP contribution is -2.46. The van der Waals surface area contributed by atoms with Crippen LogP contribution in [0.15, 0.2) is 45.7 Å². The molecular weight excluding hydrogens is 491 g/mol. The third kappa shape index (κ3) is 5.87. The van der Waals surface area contributed by atoms with E-state index in [1.54, 1.807) is 6.07 Å². The molecule has 34 heavy (non-hydrogen) atoms. The lowest BCUT2D eigenvalue weighted by molar-refractivity contribution is -0.137. The van der Waals surface area contributed by atoms with E-state index in [9.17, 15) is 22.8 Å². The maximum Gasteiger partial charge on any atom is 0.416 e. The molecule has 7 nitrogen and oxygen atoms in total. The average molecular weight is 512 g/mol. The van der Waals surface area contributed by atoms with Crippen LogP contribution in [0.4, 0.5) is 13.2 Å². The summed E-state index contributed by atoms with van der Waals surface area (Å²) in [5, 5.41) is 1.02. The summed E-state index contributed by atoms with van der Waals surface area (Å²) in [6.45, 7) is 3.31. The second-order valence-electron chi connectivity index (χ2n) is 7.54. The monoisotopic (exact) mass is 511 g/mol. The number of nitrogens with one attached hydrogen (secondary N) is 1. The zero-order chi connectivity index (χ0) is 24.3. The smallest absolute Gasteiger partial charge is 0.416 e. The Hall–Kier alpha value is -2.67. The van der Waals surface area contributed by atoms with Crippen LogP contribution in [-0.4, -0.2) is 58.9 Å². The Balaban J connectivity index is 1.39. The van der Waals surface area contributed by atoms with Gasteiger partial charge in [-0.15, -0.1) is 0 Å². The van der Waals surface area contributed by atoms with Gasteiger partial charge in [0, 0.05) is 37.7 Å². The molecule has 12 heteroatoms. The highest BCUT2D eigenvalue weighted by molar-refractivity contribution is 8.26. The first-order chi connectivity index (χ1) is 16.2. The summed E-state index contributed by atoms with van der Waals surface area (Å²) in [4.78, 5) is 27.4. The number of hydrogen-bond donors (Lipinski definition) is 1. The molecule has 0 radical (unpaired) electrons. The molecule has 3 heterocycles. The number of benzene rings is 1. The van der Waals surface area contributed by atoms with E-state index in [0.29, 0.717) is 19.8 Å². The van der Waals surface area contributed by atoms with Gasteiger partial charge in [-0.3, -0.25) is 19.9 Å². The summed E-state index contributed by atoms with van der Waals surface area (Å²) in [6.07, 6.45) is -2.82. The molecule has 0 aliphatic carbocycles. The first-order valence-corrected chi connectivity index (χ1v) is 11.6. The Morgan fingerprint density at radius 2 is 1.97 bits per heavy atom. The number of thiocarbonyl (C=S) groups is 1. The van der Waals surface area contributed by atoms with Gasteiger partial charge < -0.3 is 9.15 Å². The summed E-state index contributed by atoms with van der Waals surface area (Å²) in [7, 11) is 0. The fourth-order valence-electron chi connectivity index (χ4n) is 3.39. The van der Waals surface area contributed by atoms with Gasteiger partial charge >= 0.3 is 6.18 Å². The van der Waals surface area contributed by atoms with Crippen LogP contribution in [-0.2, 0) is 20.5 Å². The molecule has 1 aromatic heterocycles. The number of thioether (sulfide) groups is 1. The Morgan fingerprint density at radius 3 is 2.71 bits per heavy atom. The van der Waals surface area contributed by atoms with Crippen molar-refractivity contribution in [1.82, 2.24) is 15.3 Å². The van der Waals surface area contributed by atoms with Gasteiger partial charge in [0.1, 0.15) is 11.5 Å². The van der Waals surface area contributed by atoms with E-state index < -0.39 is 17.6 Å². The predicted octanol–water partition coefficient (Wildman–Crippen LogP) is 3.92. The number of morpholine rings is 1. The van der Waals surface area contributed by atoms with Crippen LogP contribution in [0.2, 0.25) is 0 Å². The minimum absolute atomic E-state index is 0.167. The minimum atomic E-state index is -4.47. The molecule has 2 amide bonds. The fourth-order valence-corrected chi connectivity index (χ4v) is 4.55. The molecule has 2 fully saturated rings. The zero-order valence-electron chi connectivity index (χ0n) is 17.8. The number of carbonyl (C=O) groups is 2. The van der Waals surface area contributed by atoms with Crippen molar-refractivity contribution in [3.8, 4) is 11.3 Å². The summed E-state index contributed by atoms with van der Waals surface area (Å²) in [5.74, 6) is -0.351. The van der Waals surface area contributed by atoms with Crippen LogP contribution in [0.3, 0.4) is 0 Å². The Kier molecular flexibility index (Phi) is 7.41. The number of carbonyl (C=O) groups excluding carboxylic acids is 2. The second kappa shape index (κ2) is 10.3. The second-order valence-corrected chi connectivity index (χ2v) is 9.21. The molecule has 180 valence electrons. The highest BCUT2D eigenvalue weighted by atomic mass is 32.2. The van der Waals surface area contributed by atoms with Gasteiger partial charge in [-0.25, -0.2) is 0 Å². The predicted molar refractivity (Wildman–Crippen MR) is 124 cm³/mol. The molecule has 0 atom stereocenters. The van der Waals surface area contributed by atoms with Crippen molar-refractivity contribution >= 4 is 46.2 Å². The molecule has 2 saturated heterocycles. The van der Waals surface area contributed by atoms with Crippen LogP contribution in [0, 0.1) is 0 Å². The normalized spacial score (nSPS) is 18.7. The van der Waals surface area contributed by atoms with Gasteiger partial charge in [-0.1, -0.05) is 23.9 Å². The third-order valence-electron chi connectivity index (χ3n) is 5.16. The van der Waals surface area contributed by atoms with Crippen molar-refractivity contribution in [2.45, 2.75) is 12.6 Å². The minimum Gasteiger partial charge on any atom is -0.457 e. The third-order valence-corrected chi connectivity index (χ3v) is 6.47. The highest BCUT2D eigenvalue weighted by Crippen LogP contribution is 2.34. The maximum absolute atomic E-state index is 13.0. The largest absolute Gasteiger partial charge is 0.457 e. The maximum atomic E-state index is 13.0. The van der Waals surface area contributed by atoms with Crippen molar-refractivity contribution < 1.29 is 31.9 Å². The van der Waals surface area contributed by atoms with E-state index in [-0.39, 0.29) is 38.6 Å². The molecule has 1 N–H and O–H groups in total. The van der Waals surface area contributed by atoms with E-state index in [2.05, 4.69) is 10.3 Å². The Bertz CT molecular complexity index is 1130. The number of hydrazine groups is 1. The van der Waals surface area contributed by atoms with Gasteiger partial charge in [-0.05, 0) is 36.5 Å². The van der Waals surface area contributed by atoms with Gasteiger partial charge in [0.25, 0.3) is 5.91 Å². The van der Waals surface area contributed by atoms with Gasteiger partial charge in [-0.2, -0.15) is 18.2 Å². The average Bonchev–Trinajstić information content (AvgIpc) is 3.38. The first kappa shape index (κ1) is 24.5. The number of halogens is 3. The number of furan rings is 1. The summed E-state index contributed by atoms with van der Waals surface area (Å²) < 4.78 is 50.0. The van der Waals surface area contributed by atoms with Crippen molar-refractivity contribution in [3.63, 3.8) is 0 Å². The van der Waals surface area contributed by atoms with E-state index in [1.165, 1.54) is 24.3 Å². The molecule has 2 aliphatic rings. The van der Waals surface area contributed by atoms with E-state index in [1.807, 2.05) is 0 Å². The van der Waals surface area contributed by atoms with Crippen LogP contribution in [0.1, 0.15) is 17.7 Å². The van der Waals surface area contributed by atoms with Crippen LogP contribution in [0.5, 0.6) is 0 Å². The highest BCUT2D eigenvalue weighted by Gasteiger charge is 2.34. The quantitative estimate of drug-likeness (QED) is 0.466. The van der Waals surface area contributed by atoms with E-state index >= 15 is 0 Å². The number of rotatable bonds is 6. The van der Waals surface area contributed by atoms with Crippen molar-refractivity contribution in [3.05, 3.63) is 52.6 Å². The molecule has 0 unspecified atom stereocenters. The number of amides is 2. The molecule has 0 spiro atoms. The van der Waals surface area contributed by atoms with Crippen molar-refractivity contribution in [2.24, 2.45) is 0 Å². The lowest BCUT2D eigenvalue weighted by Gasteiger charge is -2.26. The molecule has 1 aromatic carbocycles. The standard InChI is InChI=1S/C22H20F3N3O4S2/c23-22(24,25)15-3-1-2-14(12-15)17-5-4-16(32-17)13-18-20(30)28(21(33)34-18)26-19(29)6-7-27-8-10-31-11-9-27/h1-5,12-13H,6-11H2,(H,26,29)/b18-13+. The van der Waals surface area contributed by atoms with Gasteiger partial charge in [0.2, 0.25) is 5.91 Å². The van der Waals surface area contributed by atoms with Crippen molar-refractivity contribution in [2.75, 3.05) is 32.8 Å². The first-order valence-electron chi connectivity index (χ1n) is 10.4.